The predicted molar refractivity (Wildman–Crippen MR) is 75.6 cm³/mol. The molecule has 2 unspecified atom stereocenters. The smallest absolute Gasteiger partial charge is 0.253 e. The first-order valence-electron chi connectivity index (χ1n) is 7.24. The van der Waals surface area contributed by atoms with Gasteiger partial charge in [-0.1, -0.05) is 0 Å². The Morgan fingerprint density at radius 3 is 3.20 bits per heavy atom. The van der Waals surface area contributed by atoms with E-state index in [2.05, 4.69) is 15.2 Å². The number of carbonyl (C=O) groups is 1. The average molecular weight is 270 g/mol. The summed E-state index contributed by atoms with van der Waals surface area (Å²) in [5.41, 5.74) is 1.56. The van der Waals surface area contributed by atoms with Crippen LogP contribution in [0.5, 0.6) is 0 Å². The first-order valence-corrected chi connectivity index (χ1v) is 7.24. The van der Waals surface area contributed by atoms with Crippen molar-refractivity contribution in [3.05, 3.63) is 36.3 Å². The van der Waals surface area contributed by atoms with Crippen molar-refractivity contribution in [2.24, 2.45) is 5.92 Å². The summed E-state index contributed by atoms with van der Waals surface area (Å²) >= 11 is 0. The molecule has 2 fully saturated rings. The van der Waals surface area contributed by atoms with E-state index in [-0.39, 0.29) is 5.91 Å². The van der Waals surface area contributed by atoms with Gasteiger partial charge in [-0.3, -0.25) is 4.79 Å². The lowest BCUT2D eigenvalue weighted by molar-refractivity contribution is 0.0909. The third-order valence-corrected chi connectivity index (χ3v) is 4.45. The highest BCUT2D eigenvalue weighted by molar-refractivity contribution is 5.94. The number of hydrogen-bond donors (Lipinski definition) is 1. The van der Waals surface area contributed by atoms with Gasteiger partial charge >= 0.3 is 0 Å². The third kappa shape index (κ3) is 2.08. The molecule has 1 N–H and O–H groups in total. The van der Waals surface area contributed by atoms with E-state index >= 15 is 0 Å². The molecule has 1 amide bonds. The maximum Gasteiger partial charge on any atom is 0.253 e. The number of pyridine rings is 1. The second-order valence-electron chi connectivity index (χ2n) is 5.93. The number of piperidine rings is 1. The molecule has 0 radical (unpaired) electrons. The molecule has 3 atom stereocenters. The molecule has 20 heavy (non-hydrogen) atoms. The number of nitrogens with one attached hydrogen (secondary N) is 1. The molecule has 2 aliphatic rings. The Morgan fingerprint density at radius 1 is 1.35 bits per heavy atom. The van der Waals surface area contributed by atoms with Crippen molar-refractivity contribution in [2.45, 2.75) is 18.9 Å². The van der Waals surface area contributed by atoms with Gasteiger partial charge < -0.3 is 14.6 Å². The molecule has 4 heterocycles. The van der Waals surface area contributed by atoms with Crippen molar-refractivity contribution in [1.29, 1.82) is 0 Å². The van der Waals surface area contributed by atoms with E-state index in [4.69, 9.17) is 0 Å². The van der Waals surface area contributed by atoms with E-state index in [1.165, 1.54) is 19.5 Å². The molecule has 0 aromatic carbocycles. The molecule has 2 saturated heterocycles. The first kappa shape index (κ1) is 11.9. The number of rotatable bonds is 2. The Kier molecular flexibility index (Phi) is 2.73. The van der Waals surface area contributed by atoms with Crippen LogP contribution in [0.4, 0.5) is 0 Å². The number of imidazole rings is 1. The lowest BCUT2D eigenvalue weighted by atomic mass is 9.96. The zero-order valence-corrected chi connectivity index (χ0v) is 11.3. The standard InChI is InChI=1S/C15H18N4O/c20-15(12-1-2-14-16-4-6-19(14)9-12)17-13-7-11-3-5-18(8-11)10-13/h1-2,4,6,9,11,13H,3,5,7-8,10H2,(H,17,20)/t11?,13-/m1/s1. The molecule has 2 aromatic rings. The van der Waals surface area contributed by atoms with Crippen molar-refractivity contribution >= 4 is 11.6 Å². The van der Waals surface area contributed by atoms with Gasteiger partial charge in [0.15, 0.2) is 0 Å². The summed E-state index contributed by atoms with van der Waals surface area (Å²) < 4.78 is 1.88. The Hall–Kier alpha value is -1.88. The fourth-order valence-corrected chi connectivity index (χ4v) is 3.49. The number of aromatic nitrogens is 2. The Balaban J connectivity index is 1.49. The van der Waals surface area contributed by atoms with E-state index in [9.17, 15) is 4.79 Å². The lowest BCUT2D eigenvalue weighted by Gasteiger charge is -2.30. The Bertz CT molecular complexity index is 638. The Labute approximate surface area is 117 Å². The first-order chi connectivity index (χ1) is 9.78. The van der Waals surface area contributed by atoms with Crippen LogP contribution in [0, 0.1) is 5.92 Å². The van der Waals surface area contributed by atoms with E-state index < -0.39 is 0 Å². The fourth-order valence-electron chi connectivity index (χ4n) is 3.49. The largest absolute Gasteiger partial charge is 0.348 e. The van der Waals surface area contributed by atoms with Crippen LogP contribution < -0.4 is 5.32 Å². The minimum atomic E-state index is 0.0214. The SMILES string of the molecule is O=C(N[C@@H]1CC2CCN(C2)C1)c1ccc2nccn2c1. The topological polar surface area (TPSA) is 49.6 Å². The van der Waals surface area contributed by atoms with Crippen LogP contribution in [0.15, 0.2) is 30.7 Å². The molecular weight excluding hydrogens is 252 g/mol. The molecule has 2 aliphatic heterocycles. The average Bonchev–Trinajstić information content (AvgIpc) is 3.04. The molecule has 0 aliphatic carbocycles. The van der Waals surface area contributed by atoms with Gasteiger partial charge in [0.2, 0.25) is 0 Å². The fraction of sp³-hybridized carbons (Fsp3) is 0.467. The summed E-state index contributed by atoms with van der Waals surface area (Å²) in [4.78, 5) is 19.0. The zero-order valence-electron chi connectivity index (χ0n) is 11.3. The molecule has 5 heteroatoms. The van der Waals surface area contributed by atoms with Crippen LogP contribution in [-0.2, 0) is 0 Å². The summed E-state index contributed by atoms with van der Waals surface area (Å²) in [6.45, 7) is 3.40. The quantitative estimate of drug-likeness (QED) is 0.891. The van der Waals surface area contributed by atoms with Gasteiger partial charge in [0, 0.05) is 37.7 Å². The highest BCUT2D eigenvalue weighted by Gasteiger charge is 2.32. The molecule has 2 aromatic heterocycles. The predicted octanol–water partition coefficient (Wildman–Crippen LogP) is 1.16. The van der Waals surface area contributed by atoms with Crippen LogP contribution in [0.2, 0.25) is 0 Å². The van der Waals surface area contributed by atoms with Gasteiger partial charge in [0.1, 0.15) is 5.65 Å². The van der Waals surface area contributed by atoms with Crippen molar-refractivity contribution in [2.75, 3.05) is 19.6 Å². The molecule has 104 valence electrons. The van der Waals surface area contributed by atoms with Gasteiger partial charge in [-0.05, 0) is 37.4 Å². The van der Waals surface area contributed by atoms with Crippen molar-refractivity contribution < 1.29 is 4.79 Å². The van der Waals surface area contributed by atoms with Crippen molar-refractivity contribution in [3.8, 4) is 0 Å². The molecular formula is C15H18N4O. The van der Waals surface area contributed by atoms with Crippen LogP contribution in [0.3, 0.4) is 0 Å². The highest BCUT2D eigenvalue weighted by Crippen LogP contribution is 2.26. The second kappa shape index (κ2) is 4.59. The number of fused-ring (bicyclic) bond motifs is 3. The minimum absolute atomic E-state index is 0.0214. The number of nitrogens with zero attached hydrogens (tertiary/aromatic N) is 3. The molecule has 2 bridgehead atoms. The van der Waals surface area contributed by atoms with Crippen LogP contribution in [0.25, 0.3) is 5.65 Å². The molecule has 0 spiro atoms. The van der Waals surface area contributed by atoms with Gasteiger partial charge in [-0.25, -0.2) is 4.98 Å². The lowest BCUT2D eigenvalue weighted by Crippen LogP contribution is -2.47. The molecule has 0 saturated carbocycles. The highest BCUT2D eigenvalue weighted by atomic mass is 16.1. The normalized spacial score (nSPS) is 28.7. The van der Waals surface area contributed by atoms with E-state index in [0.717, 1.165) is 24.5 Å². The third-order valence-electron chi connectivity index (χ3n) is 4.45. The summed E-state index contributed by atoms with van der Waals surface area (Å²) in [6.07, 6.45) is 7.85. The summed E-state index contributed by atoms with van der Waals surface area (Å²) in [5, 5.41) is 3.18. The monoisotopic (exact) mass is 270 g/mol. The number of hydrogen-bond acceptors (Lipinski definition) is 3. The van der Waals surface area contributed by atoms with Crippen LogP contribution in [0.1, 0.15) is 23.2 Å². The number of amides is 1. The van der Waals surface area contributed by atoms with Gasteiger partial charge in [0.05, 0.1) is 5.56 Å². The number of carbonyl (C=O) groups excluding carboxylic acids is 1. The maximum absolute atomic E-state index is 12.3. The van der Waals surface area contributed by atoms with Crippen LogP contribution in [-0.4, -0.2) is 45.9 Å². The van der Waals surface area contributed by atoms with Gasteiger partial charge in [-0.15, -0.1) is 0 Å². The van der Waals surface area contributed by atoms with Crippen LogP contribution >= 0.6 is 0 Å². The second-order valence-corrected chi connectivity index (χ2v) is 5.93. The summed E-state index contributed by atoms with van der Waals surface area (Å²) in [7, 11) is 0. The Morgan fingerprint density at radius 2 is 2.30 bits per heavy atom. The molecule has 5 nitrogen and oxygen atoms in total. The van der Waals surface area contributed by atoms with Crippen molar-refractivity contribution in [1.82, 2.24) is 19.6 Å². The van der Waals surface area contributed by atoms with E-state index in [1.807, 2.05) is 28.9 Å². The maximum atomic E-state index is 12.3. The van der Waals surface area contributed by atoms with E-state index in [1.54, 1.807) is 6.20 Å². The minimum Gasteiger partial charge on any atom is -0.348 e. The summed E-state index contributed by atoms with van der Waals surface area (Å²) in [5.74, 6) is 0.790. The van der Waals surface area contributed by atoms with Crippen molar-refractivity contribution in [3.63, 3.8) is 0 Å². The van der Waals surface area contributed by atoms with Gasteiger partial charge in [-0.2, -0.15) is 0 Å². The van der Waals surface area contributed by atoms with Gasteiger partial charge in [0.25, 0.3) is 5.91 Å². The van der Waals surface area contributed by atoms with E-state index in [0.29, 0.717) is 11.6 Å². The zero-order chi connectivity index (χ0) is 13.5. The summed E-state index contributed by atoms with van der Waals surface area (Å²) in [6, 6.07) is 4.01. The molecule has 4 rings (SSSR count).